The van der Waals surface area contributed by atoms with Gasteiger partial charge < -0.3 is 14.1 Å². The summed E-state index contributed by atoms with van der Waals surface area (Å²) in [6.45, 7) is 5.55. The molecule has 8 nitrogen and oxygen atoms in total. The van der Waals surface area contributed by atoms with Gasteiger partial charge in [0.15, 0.2) is 5.69 Å². The SMILES string of the molecule is CCOC(=O)C(=NOC(C)C)c1nc2ccccc2n(C2C[C@H]3CC[C@H](C2)N3C2CC3CCCCC(C3)C2)c1=O. The van der Waals surface area contributed by atoms with E-state index >= 15 is 0 Å². The van der Waals surface area contributed by atoms with Gasteiger partial charge in [-0.2, -0.15) is 0 Å². The van der Waals surface area contributed by atoms with E-state index in [4.69, 9.17) is 9.57 Å². The van der Waals surface area contributed by atoms with Gasteiger partial charge in [-0.25, -0.2) is 9.78 Å². The number of hydrogen-bond acceptors (Lipinski definition) is 7. The molecule has 216 valence electrons. The molecule has 6 rings (SSSR count). The Labute approximate surface area is 237 Å². The van der Waals surface area contributed by atoms with Crippen LogP contribution in [0.15, 0.2) is 34.2 Å². The Morgan fingerprint density at radius 2 is 1.62 bits per heavy atom. The number of carbonyl (C=O) groups is 1. The third-order valence-corrected chi connectivity index (χ3v) is 9.75. The molecule has 3 heterocycles. The first-order chi connectivity index (χ1) is 19.4. The normalized spacial score (nSPS) is 30.9. The highest BCUT2D eigenvalue weighted by Gasteiger charge is 2.47. The lowest BCUT2D eigenvalue weighted by Gasteiger charge is -2.48. The van der Waals surface area contributed by atoms with Crippen LogP contribution in [0.2, 0.25) is 0 Å². The van der Waals surface area contributed by atoms with E-state index in [2.05, 4.69) is 15.0 Å². The highest BCUT2D eigenvalue weighted by atomic mass is 16.6. The van der Waals surface area contributed by atoms with E-state index in [1.165, 1.54) is 57.8 Å². The van der Waals surface area contributed by atoms with E-state index in [0.29, 0.717) is 23.6 Å². The third-order valence-electron chi connectivity index (χ3n) is 9.75. The van der Waals surface area contributed by atoms with Crippen LogP contribution in [0.1, 0.15) is 103 Å². The van der Waals surface area contributed by atoms with Crippen LogP contribution in [-0.4, -0.2) is 57.0 Å². The lowest BCUT2D eigenvalue weighted by molar-refractivity contribution is -0.135. The van der Waals surface area contributed by atoms with Crippen LogP contribution in [0.3, 0.4) is 0 Å². The Morgan fingerprint density at radius 1 is 0.950 bits per heavy atom. The molecule has 1 aromatic carbocycles. The number of benzene rings is 1. The molecular formula is C32H44N4O4. The van der Waals surface area contributed by atoms with E-state index in [1.54, 1.807) is 6.92 Å². The highest BCUT2D eigenvalue weighted by Crippen LogP contribution is 2.47. The van der Waals surface area contributed by atoms with E-state index < -0.39 is 5.97 Å². The number of aromatic nitrogens is 2. The van der Waals surface area contributed by atoms with Crippen molar-refractivity contribution >= 4 is 22.7 Å². The number of fused-ring (bicyclic) bond motifs is 5. The molecule has 2 aromatic rings. The fourth-order valence-electron chi connectivity index (χ4n) is 8.31. The molecule has 0 spiro atoms. The Morgan fingerprint density at radius 3 is 2.27 bits per heavy atom. The summed E-state index contributed by atoms with van der Waals surface area (Å²) in [7, 11) is 0. The van der Waals surface area contributed by atoms with Gasteiger partial charge in [0, 0.05) is 24.2 Å². The summed E-state index contributed by atoms with van der Waals surface area (Å²) in [5, 5.41) is 4.07. The van der Waals surface area contributed by atoms with Crippen LogP contribution in [0.4, 0.5) is 0 Å². The number of ether oxygens (including phenoxy) is 1. The van der Waals surface area contributed by atoms with Gasteiger partial charge in [0.05, 0.1) is 17.6 Å². The quantitative estimate of drug-likeness (QED) is 0.254. The first-order valence-electron chi connectivity index (χ1n) is 15.6. The van der Waals surface area contributed by atoms with Crippen LogP contribution < -0.4 is 5.56 Å². The standard InChI is InChI=1S/C32H44N4O4/c1-4-39-32(38)30(34-40-20(2)3)29-31(37)36(28-12-8-7-11-27(28)33-29)26-18-23-13-14-24(19-26)35(23)25-16-21-9-5-6-10-22(15-21)17-25/h7-8,11-12,20-26H,4-6,9-10,13-19H2,1-3H3/t21?,22?,23-,24-,25?/m1/s1. The summed E-state index contributed by atoms with van der Waals surface area (Å²) < 4.78 is 7.17. The van der Waals surface area contributed by atoms with Crippen molar-refractivity contribution in [1.82, 2.24) is 14.5 Å². The summed E-state index contributed by atoms with van der Waals surface area (Å²) in [6, 6.07) is 9.47. The Bertz CT molecular complexity index is 1290. The average Bonchev–Trinajstić information content (AvgIpc) is 3.08. The molecule has 4 atom stereocenters. The van der Waals surface area contributed by atoms with Crippen LogP contribution >= 0.6 is 0 Å². The van der Waals surface area contributed by atoms with Gasteiger partial charge >= 0.3 is 5.97 Å². The van der Waals surface area contributed by atoms with Crippen molar-refractivity contribution in [3.63, 3.8) is 0 Å². The number of hydrogen-bond donors (Lipinski definition) is 0. The van der Waals surface area contributed by atoms with Crippen LogP contribution in [0.5, 0.6) is 0 Å². The Hall–Kier alpha value is -2.74. The number of oxime groups is 1. The molecule has 2 unspecified atom stereocenters. The van der Waals surface area contributed by atoms with Crippen molar-refractivity contribution in [3.05, 3.63) is 40.3 Å². The second-order valence-corrected chi connectivity index (χ2v) is 12.8. The largest absolute Gasteiger partial charge is 0.461 e. The van der Waals surface area contributed by atoms with Gasteiger partial charge in [-0.3, -0.25) is 9.69 Å². The van der Waals surface area contributed by atoms with Gasteiger partial charge in [0.25, 0.3) is 5.56 Å². The maximum Gasteiger partial charge on any atom is 0.362 e. The monoisotopic (exact) mass is 548 g/mol. The zero-order valence-electron chi connectivity index (χ0n) is 24.3. The fraction of sp³-hybridized carbons (Fsp3) is 0.688. The number of esters is 1. The minimum absolute atomic E-state index is 0.00364. The van der Waals surface area contributed by atoms with Gasteiger partial charge in [0.1, 0.15) is 6.10 Å². The molecule has 4 fully saturated rings. The Balaban J connectivity index is 1.34. The lowest BCUT2D eigenvalue weighted by atomic mass is 9.76. The van der Waals surface area contributed by atoms with E-state index in [9.17, 15) is 9.59 Å². The minimum atomic E-state index is -0.691. The zero-order valence-corrected chi connectivity index (χ0v) is 24.3. The zero-order chi connectivity index (χ0) is 27.8. The molecule has 2 saturated carbocycles. The van der Waals surface area contributed by atoms with Crippen molar-refractivity contribution in [2.24, 2.45) is 17.0 Å². The number of nitrogens with zero attached hydrogens (tertiary/aromatic N) is 4. The minimum Gasteiger partial charge on any atom is -0.461 e. The third kappa shape index (κ3) is 5.31. The summed E-state index contributed by atoms with van der Waals surface area (Å²) in [5.41, 5.74) is 1.03. The summed E-state index contributed by atoms with van der Waals surface area (Å²) in [6.07, 6.45) is 13.8. The Kier molecular flexibility index (Phi) is 7.98. The molecule has 2 aliphatic carbocycles. The van der Waals surface area contributed by atoms with Gasteiger partial charge in [-0.15, -0.1) is 0 Å². The summed E-state index contributed by atoms with van der Waals surface area (Å²) >= 11 is 0. The molecule has 2 saturated heterocycles. The van der Waals surface area contributed by atoms with E-state index in [-0.39, 0.29) is 35.7 Å². The van der Waals surface area contributed by atoms with Crippen molar-refractivity contribution in [2.75, 3.05) is 6.61 Å². The molecule has 0 radical (unpaired) electrons. The molecule has 0 N–H and O–H groups in total. The predicted molar refractivity (Wildman–Crippen MR) is 155 cm³/mol. The smallest absolute Gasteiger partial charge is 0.362 e. The van der Waals surface area contributed by atoms with Crippen LogP contribution in [0.25, 0.3) is 11.0 Å². The number of rotatable bonds is 7. The second kappa shape index (κ2) is 11.6. The first kappa shape index (κ1) is 27.4. The molecule has 40 heavy (non-hydrogen) atoms. The van der Waals surface area contributed by atoms with Crippen LogP contribution in [0, 0.1) is 11.8 Å². The molecular weight excluding hydrogens is 504 g/mol. The second-order valence-electron chi connectivity index (χ2n) is 12.8. The van der Waals surface area contributed by atoms with E-state index in [1.807, 2.05) is 42.7 Å². The van der Waals surface area contributed by atoms with Gasteiger partial charge in [-0.05, 0) is 89.7 Å². The number of carbonyl (C=O) groups excluding carboxylic acids is 1. The fourth-order valence-corrected chi connectivity index (χ4v) is 8.31. The van der Waals surface area contributed by atoms with Crippen molar-refractivity contribution < 1.29 is 14.4 Å². The average molecular weight is 549 g/mol. The summed E-state index contributed by atoms with van der Waals surface area (Å²) in [4.78, 5) is 40.1. The maximum atomic E-state index is 14.2. The molecule has 0 amide bonds. The molecule has 1 aromatic heterocycles. The van der Waals surface area contributed by atoms with E-state index in [0.717, 1.165) is 30.2 Å². The van der Waals surface area contributed by atoms with Crippen LogP contribution in [-0.2, 0) is 14.4 Å². The molecule has 4 bridgehead atoms. The van der Waals surface area contributed by atoms with Gasteiger partial charge in [0.2, 0.25) is 5.71 Å². The maximum absolute atomic E-state index is 14.2. The van der Waals surface area contributed by atoms with Crippen molar-refractivity contribution in [3.8, 4) is 0 Å². The van der Waals surface area contributed by atoms with Crippen molar-refractivity contribution in [2.45, 2.75) is 122 Å². The van der Waals surface area contributed by atoms with Crippen molar-refractivity contribution in [1.29, 1.82) is 0 Å². The number of piperidine rings is 1. The lowest BCUT2D eigenvalue weighted by Crippen LogP contribution is -2.52. The highest BCUT2D eigenvalue weighted by molar-refractivity contribution is 6.42. The predicted octanol–water partition coefficient (Wildman–Crippen LogP) is 5.62. The first-order valence-corrected chi connectivity index (χ1v) is 15.6. The molecule has 4 aliphatic rings. The van der Waals surface area contributed by atoms with Gasteiger partial charge in [-0.1, -0.05) is 43.0 Å². The number of para-hydroxylation sites is 2. The molecule has 2 aliphatic heterocycles. The molecule has 8 heteroatoms. The topological polar surface area (TPSA) is 86.0 Å². The summed E-state index contributed by atoms with van der Waals surface area (Å²) in [5.74, 6) is 1.10.